The molecule has 14 nitrogen and oxygen atoms in total. The average molecular weight is 606 g/mol. The molecule has 2 bridgehead atoms. The molecule has 0 radical (unpaired) electrons. The van der Waals surface area contributed by atoms with Gasteiger partial charge in [-0.15, -0.1) is 0 Å². The number of rotatable bonds is 10. The monoisotopic (exact) mass is 605 g/mol. The third-order valence-electron chi connectivity index (χ3n) is 8.90. The van der Waals surface area contributed by atoms with Gasteiger partial charge in [0.15, 0.2) is 42.2 Å². The molecule has 5 rings (SSSR count). The summed E-state index contributed by atoms with van der Waals surface area (Å²) in [5.74, 6) is -4.00. The number of piperidine rings is 1. The molecule has 4 aliphatic rings. The van der Waals surface area contributed by atoms with E-state index < -0.39 is 72.0 Å². The number of likely N-dealkylation sites (N-methyl/N-ethyl adjacent to an activating group) is 1. The fourth-order valence-corrected chi connectivity index (χ4v) is 6.86. The molecule has 2 unspecified atom stereocenters. The van der Waals surface area contributed by atoms with Gasteiger partial charge in [-0.1, -0.05) is 6.07 Å². The minimum atomic E-state index is -1.98. The number of phenolic OH excluding ortho intramolecular Hbond substituents is 1. The Bertz CT molecular complexity index is 1380. The zero-order valence-electron chi connectivity index (χ0n) is 24.1. The lowest BCUT2D eigenvalue weighted by atomic mass is 9.50. The van der Waals surface area contributed by atoms with Crippen LogP contribution in [0.3, 0.4) is 0 Å². The van der Waals surface area contributed by atoms with E-state index in [4.69, 9.17) is 28.8 Å². The zero-order valence-corrected chi connectivity index (χ0v) is 24.1. The van der Waals surface area contributed by atoms with Gasteiger partial charge in [0.2, 0.25) is 0 Å². The lowest BCUT2D eigenvalue weighted by Crippen LogP contribution is -2.74. The average Bonchev–Trinajstić information content (AvgIpc) is 3.29. The number of carboxylic acid groups (broad SMARTS) is 1. The van der Waals surface area contributed by atoms with Gasteiger partial charge >= 0.3 is 23.9 Å². The maximum Gasteiger partial charge on any atom is 0.344 e. The number of aromatic hydroxyl groups is 1. The Balaban J connectivity index is 1.34. The second-order valence-corrected chi connectivity index (χ2v) is 11.5. The number of ether oxygens (including phenoxy) is 5. The predicted octanol–water partition coefficient (Wildman–Crippen LogP) is 0.275. The summed E-state index contributed by atoms with van der Waals surface area (Å²) in [6, 6.07) is 3.13. The fraction of sp³-hybridized carbons (Fsp3) is 0.586. The Morgan fingerprint density at radius 2 is 1.88 bits per heavy atom. The minimum Gasteiger partial charge on any atom is -0.504 e. The molecule has 14 heteroatoms. The first-order chi connectivity index (χ1) is 20.2. The van der Waals surface area contributed by atoms with Crippen molar-refractivity contribution in [1.29, 1.82) is 0 Å². The summed E-state index contributed by atoms with van der Waals surface area (Å²) < 4.78 is 26.9. The van der Waals surface area contributed by atoms with Crippen LogP contribution in [-0.2, 0) is 50.0 Å². The molecule has 1 aromatic carbocycles. The van der Waals surface area contributed by atoms with Crippen LogP contribution in [0.15, 0.2) is 24.0 Å². The first-order valence-corrected chi connectivity index (χ1v) is 14.0. The molecule has 1 aromatic rings. The normalized spacial score (nSPS) is 29.6. The zero-order chi connectivity index (χ0) is 31.4. The largest absolute Gasteiger partial charge is 0.504 e. The van der Waals surface area contributed by atoms with Gasteiger partial charge in [-0.2, -0.15) is 0 Å². The van der Waals surface area contributed by atoms with Crippen molar-refractivity contribution in [2.45, 2.75) is 94.2 Å². The molecule has 1 saturated heterocycles. The number of nitrogens with zero attached hydrogens (tertiary/aromatic N) is 1. The van der Waals surface area contributed by atoms with E-state index in [1.165, 1.54) is 6.92 Å². The van der Waals surface area contributed by atoms with Gasteiger partial charge in [0.05, 0.1) is 17.4 Å². The van der Waals surface area contributed by atoms with Crippen molar-refractivity contribution in [2.75, 3.05) is 13.6 Å². The van der Waals surface area contributed by atoms with Gasteiger partial charge in [-0.3, -0.25) is 9.59 Å². The number of hydrogen-bond acceptors (Lipinski definition) is 13. The van der Waals surface area contributed by atoms with Crippen LogP contribution in [0, 0.1) is 0 Å². The highest BCUT2D eigenvalue weighted by Crippen LogP contribution is 2.65. The van der Waals surface area contributed by atoms with Crippen molar-refractivity contribution in [3.05, 3.63) is 35.1 Å². The van der Waals surface area contributed by atoms with E-state index in [2.05, 4.69) is 4.90 Å². The van der Waals surface area contributed by atoms with Crippen molar-refractivity contribution in [2.24, 2.45) is 0 Å². The minimum absolute atomic E-state index is 0.0893. The van der Waals surface area contributed by atoms with Crippen LogP contribution < -0.4 is 4.74 Å². The van der Waals surface area contributed by atoms with Gasteiger partial charge < -0.3 is 49.0 Å². The Hall–Kier alpha value is -3.72. The molecule has 4 N–H and O–H groups in total. The van der Waals surface area contributed by atoms with E-state index >= 15 is 0 Å². The van der Waals surface area contributed by atoms with Crippen LogP contribution in [0.2, 0.25) is 0 Å². The van der Waals surface area contributed by atoms with E-state index in [0.717, 1.165) is 19.4 Å². The summed E-state index contributed by atoms with van der Waals surface area (Å²) in [5, 5.41) is 42.4. The number of hydrogen-bond donors (Lipinski definition) is 4. The number of benzene rings is 1. The SMILES string of the molecule is CC(=O)O[C@@H](CC(=O)OC1=CC[C@@]2(O)[C@H]3Cc4ccc(O)c5c4C2(CCN3C)[C@H]1O5)C(O)O[C@@H](C)C(=O)O[C@@H](C)C(=O)O. The smallest absolute Gasteiger partial charge is 0.344 e. The van der Waals surface area contributed by atoms with Gasteiger partial charge in [-0.05, 0) is 58.0 Å². The van der Waals surface area contributed by atoms with Crippen LogP contribution >= 0.6 is 0 Å². The van der Waals surface area contributed by atoms with Gasteiger partial charge in [0, 0.05) is 24.9 Å². The van der Waals surface area contributed by atoms with Gasteiger partial charge in [0.1, 0.15) is 5.76 Å². The molecule has 2 aliphatic heterocycles. The number of aliphatic hydroxyl groups excluding tert-OH is 1. The van der Waals surface area contributed by atoms with Crippen LogP contribution in [0.5, 0.6) is 11.5 Å². The number of esters is 3. The molecule has 0 saturated carbocycles. The molecule has 1 fully saturated rings. The van der Waals surface area contributed by atoms with Crippen molar-refractivity contribution in [3.63, 3.8) is 0 Å². The Morgan fingerprint density at radius 1 is 1.16 bits per heavy atom. The van der Waals surface area contributed by atoms with E-state index in [-0.39, 0.29) is 29.7 Å². The van der Waals surface area contributed by atoms with Crippen molar-refractivity contribution < 1.29 is 63.3 Å². The van der Waals surface area contributed by atoms with E-state index in [1.807, 2.05) is 13.1 Å². The van der Waals surface area contributed by atoms with Crippen LogP contribution in [0.4, 0.5) is 0 Å². The topological polar surface area (TPSA) is 199 Å². The summed E-state index contributed by atoms with van der Waals surface area (Å²) in [7, 11) is 1.95. The first-order valence-electron chi connectivity index (χ1n) is 14.0. The van der Waals surface area contributed by atoms with E-state index in [0.29, 0.717) is 24.9 Å². The quantitative estimate of drug-likeness (QED) is 0.161. The second-order valence-electron chi connectivity index (χ2n) is 11.5. The second kappa shape index (κ2) is 11.1. The molecule has 0 amide bonds. The highest BCUT2D eigenvalue weighted by atomic mass is 16.7. The number of likely N-dealkylation sites (tertiary alicyclic amines) is 1. The molecule has 0 aromatic heterocycles. The summed E-state index contributed by atoms with van der Waals surface area (Å²) in [6.45, 7) is 4.00. The Labute approximate surface area is 246 Å². The molecule has 234 valence electrons. The summed E-state index contributed by atoms with van der Waals surface area (Å²) >= 11 is 0. The fourth-order valence-electron chi connectivity index (χ4n) is 6.86. The molecular formula is C29H35NO13. The van der Waals surface area contributed by atoms with Crippen LogP contribution in [-0.4, -0.2) is 105 Å². The number of carbonyl (C=O) groups is 4. The lowest BCUT2D eigenvalue weighted by molar-refractivity contribution is -0.214. The highest BCUT2D eigenvalue weighted by Gasteiger charge is 2.72. The van der Waals surface area contributed by atoms with Gasteiger partial charge in [-0.25, -0.2) is 9.59 Å². The number of carboxylic acids is 1. The highest BCUT2D eigenvalue weighted by molar-refractivity contribution is 5.80. The number of aliphatic hydroxyl groups is 2. The molecule has 2 heterocycles. The van der Waals surface area contributed by atoms with Crippen LogP contribution in [0.25, 0.3) is 0 Å². The van der Waals surface area contributed by atoms with Crippen LogP contribution in [0.1, 0.15) is 51.2 Å². The summed E-state index contributed by atoms with van der Waals surface area (Å²) in [5.41, 5.74) is -0.605. The third-order valence-corrected chi connectivity index (χ3v) is 8.90. The summed E-state index contributed by atoms with van der Waals surface area (Å²) in [6.07, 6.45) is -5.41. The molecule has 8 atom stereocenters. The summed E-state index contributed by atoms with van der Waals surface area (Å²) in [4.78, 5) is 50.1. The number of phenols is 1. The standard InChI is InChI=1S/C29H35NO13/c1-13(25(34)35)39-26(36)14(2)40-27(37)19(41-15(3)31)12-21(33)42-18-7-8-29(38)20-11-16-5-6-17(32)23-22(16)28(29,24(18)43-23)9-10-30(20)4/h5-7,13-14,19-20,24,27,32,37-38H,8-12H2,1-4H3,(H,34,35)/t13-,14-,19-,20+,24-,27?,28?,29+/m0/s1. The Kier molecular flexibility index (Phi) is 7.92. The number of carbonyl (C=O) groups excluding carboxylic acids is 3. The van der Waals surface area contributed by atoms with Crippen molar-refractivity contribution in [3.8, 4) is 11.5 Å². The molecular weight excluding hydrogens is 570 g/mol. The predicted molar refractivity (Wildman–Crippen MR) is 143 cm³/mol. The maximum atomic E-state index is 13.2. The Morgan fingerprint density at radius 3 is 2.56 bits per heavy atom. The third kappa shape index (κ3) is 5.01. The van der Waals surface area contributed by atoms with Gasteiger partial charge in [0.25, 0.3) is 0 Å². The molecule has 2 aliphatic carbocycles. The molecule has 1 spiro atoms. The van der Waals surface area contributed by atoms with Crippen molar-refractivity contribution >= 4 is 23.9 Å². The first kappa shape index (κ1) is 30.7. The van der Waals surface area contributed by atoms with Crippen molar-refractivity contribution in [1.82, 2.24) is 4.90 Å². The van der Waals surface area contributed by atoms with E-state index in [1.54, 1.807) is 12.1 Å². The van der Waals surface area contributed by atoms with E-state index in [9.17, 15) is 34.5 Å². The number of aliphatic carboxylic acids is 1. The maximum absolute atomic E-state index is 13.2. The lowest BCUT2D eigenvalue weighted by Gasteiger charge is -2.61. The molecule has 43 heavy (non-hydrogen) atoms.